The van der Waals surface area contributed by atoms with Gasteiger partial charge in [0.25, 0.3) is 0 Å². The Bertz CT molecular complexity index is 930. The highest BCUT2D eigenvalue weighted by molar-refractivity contribution is 7.80. The predicted octanol–water partition coefficient (Wildman–Crippen LogP) is 5.27. The Balaban J connectivity index is 1.72. The Morgan fingerprint density at radius 1 is 1.29 bits per heavy atom. The fourth-order valence-electron chi connectivity index (χ4n) is 2.88. The second-order valence-electron chi connectivity index (χ2n) is 6.58. The molecule has 1 heterocycles. The highest BCUT2D eigenvalue weighted by Crippen LogP contribution is 2.23. The lowest BCUT2D eigenvalue weighted by Crippen LogP contribution is -2.35. The van der Waals surface area contributed by atoms with Gasteiger partial charge in [0.05, 0.1) is 17.0 Å². The summed E-state index contributed by atoms with van der Waals surface area (Å²) in [5.74, 6) is -0.238. The van der Waals surface area contributed by atoms with E-state index < -0.39 is 0 Å². The minimum Gasteiger partial charge on any atom is -0.345 e. The Hall–Kier alpha value is -2.44. The molecule has 3 rings (SSSR count). The molecule has 0 aliphatic rings. The first kappa shape index (κ1) is 20.3. The number of rotatable bonds is 7. The molecular weight excluding hydrogens is 395 g/mol. The molecule has 0 saturated carbocycles. The van der Waals surface area contributed by atoms with Crippen LogP contribution in [0.15, 0.2) is 61.2 Å². The van der Waals surface area contributed by atoms with E-state index in [1.807, 2.05) is 46.9 Å². The number of thiocarbonyl (C=S) groups is 1. The molecule has 7 heteroatoms. The van der Waals surface area contributed by atoms with Crippen LogP contribution in [-0.2, 0) is 13.1 Å². The zero-order valence-electron chi connectivity index (χ0n) is 15.6. The number of imidazole rings is 1. The summed E-state index contributed by atoms with van der Waals surface area (Å²) in [6.07, 6.45) is 6.30. The van der Waals surface area contributed by atoms with Gasteiger partial charge in [-0.3, -0.25) is 0 Å². The molecule has 4 nitrogen and oxygen atoms in total. The van der Waals surface area contributed by atoms with Gasteiger partial charge in [0, 0.05) is 37.6 Å². The van der Waals surface area contributed by atoms with Crippen molar-refractivity contribution < 1.29 is 4.39 Å². The van der Waals surface area contributed by atoms with Crippen LogP contribution >= 0.6 is 23.8 Å². The minimum absolute atomic E-state index is 0.238. The molecule has 0 aliphatic heterocycles. The van der Waals surface area contributed by atoms with Crippen molar-refractivity contribution in [3.63, 3.8) is 0 Å². The normalized spacial score (nSPS) is 10.7. The molecular formula is C21H22ClFN4S. The van der Waals surface area contributed by atoms with Crippen molar-refractivity contribution in [1.29, 1.82) is 0 Å². The lowest BCUT2D eigenvalue weighted by atomic mass is 10.2. The standard InChI is InChI=1S/C21H22ClFN4S/c1-16-7-8-18(22)20(13-16)25-21(28)27(11-4-10-26-12-9-24-15-26)14-17-5-2-3-6-19(17)23/h2-3,5-9,12-13,15H,4,10-11,14H2,1H3,(H,25,28). The fourth-order valence-corrected chi connectivity index (χ4v) is 3.31. The molecule has 1 N–H and O–H groups in total. The van der Waals surface area contributed by atoms with Crippen LogP contribution in [0.4, 0.5) is 10.1 Å². The van der Waals surface area contributed by atoms with E-state index in [0.29, 0.717) is 28.8 Å². The average Bonchev–Trinajstić information content (AvgIpc) is 3.19. The van der Waals surface area contributed by atoms with Crippen molar-refractivity contribution in [3.8, 4) is 0 Å². The van der Waals surface area contributed by atoms with Crippen molar-refractivity contribution in [1.82, 2.24) is 14.5 Å². The summed E-state index contributed by atoms with van der Waals surface area (Å²) in [6.45, 7) is 3.85. The first-order valence-electron chi connectivity index (χ1n) is 9.04. The van der Waals surface area contributed by atoms with E-state index in [0.717, 1.165) is 24.2 Å². The number of aromatic nitrogens is 2. The summed E-state index contributed by atoms with van der Waals surface area (Å²) in [4.78, 5) is 6.02. The molecule has 1 aromatic heterocycles. The van der Waals surface area contributed by atoms with Gasteiger partial charge in [-0.2, -0.15) is 0 Å². The topological polar surface area (TPSA) is 33.1 Å². The maximum Gasteiger partial charge on any atom is 0.173 e. The van der Waals surface area contributed by atoms with Crippen LogP contribution in [0.3, 0.4) is 0 Å². The summed E-state index contributed by atoms with van der Waals surface area (Å²) >= 11 is 11.9. The molecule has 0 amide bonds. The van der Waals surface area contributed by atoms with E-state index in [-0.39, 0.29) is 5.82 Å². The molecule has 0 fully saturated rings. The molecule has 0 saturated heterocycles. The lowest BCUT2D eigenvalue weighted by molar-refractivity contribution is 0.388. The number of halogens is 2. The summed E-state index contributed by atoms with van der Waals surface area (Å²) in [5.41, 5.74) is 2.43. The molecule has 0 unspecified atom stereocenters. The molecule has 0 aliphatic carbocycles. The van der Waals surface area contributed by atoms with Crippen LogP contribution in [0.2, 0.25) is 5.02 Å². The van der Waals surface area contributed by atoms with Crippen molar-refractivity contribution in [2.24, 2.45) is 0 Å². The molecule has 0 bridgehead atoms. The molecule has 0 atom stereocenters. The number of hydrogen-bond acceptors (Lipinski definition) is 2. The zero-order valence-corrected chi connectivity index (χ0v) is 17.2. The van der Waals surface area contributed by atoms with Gasteiger partial charge < -0.3 is 14.8 Å². The van der Waals surface area contributed by atoms with Gasteiger partial charge in [-0.25, -0.2) is 9.37 Å². The molecule has 28 heavy (non-hydrogen) atoms. The van der Waals surface area contributed by atoms with Crippen molar-refractivity contribution in [2.75, 3.05) is 11.9 Å². The Morgan fingerprint density at radius 2 is 2.11 bits per heavy atom. The van der Waals surface area contributed by atoms with Crippen LogP contribution in [0.1, 0.15) is 17.5 Å². The fraction of sp³-hybridized carbons (Fsp3) is 0.238. The molecule has 0 spiro atoms. The Kier molecular flexibility index (Phi) is 7.01. The SMILES string of the molecule is Cc1ccc(Cl)c(NC(=S)N(CCCn2ccnc2)Cc2ccccc2F)c1. The quantitative estimate of drug-likeness (QED) is 0.531. The second kappa shape index (κ2) is 9.66. The van der Waals surface area contributed by atoms with Crippen LogP contribution in [-0.4, -0.2) is 26.1 Å². The van der Waals surface area contributed by atoms with E-state index in [4.69, 9.17) is 23.8 Å². The number of nitrogens with one attached hydrogen (secondary N) is 1. The van der Waals surface area contributed by atoms with Gasteiger partial charge >= 0.3 is 0 Å². The molecule has 2 aromatic carbocycles. The summed E-state index contributed by atoms with van der Waals surface area (Å²) < 4.78 is 16.2. The Morgan fingerprint density at radius 3 is 2.86 bits per heavy atom. The third-order valence-electron chi connectivity index (χ3n) is 4.37. The zero-order chi connectivity index (χ0) is 19.9. The summed E-state index contributed by atoms with van der Waals surface area (Å²) in [7, 11) is 0. The van der Waals surface area contributed by atoms with Crippen LogP contribution in [0.5, 0.6) is 0 Å². The van der Waals surface area contributed by atoms with Gasteiger partial charge in [0.15, 0.2) is 5.11 Å². The maximum absolute atomic E-state index is 14.2. The largest absolute Gasteiger partial charge is 0.345 e. The van der Waals surface area contributed by atoms with E-state index in [2.05, 4.69) is 10.3 Å². The predicted molar refractivity (Wildman–Crippen MR) is 116 cm³/mol. The number of nitrogens with zero attached hydrogens (tertiary/aromatic N) is 3. The van der Waals surface area contributed by atoms with Gasteiger partial charge in [0.1, 0.15) is 5.82 Å². The van der Waals surface area contributed by atoms with Gasteiger partial charge in [-0.05, 0) is 49.3 Å². The van der Waals surface area contributed by atoms with E-state index >= 15 is 0 Å². The third kappa shape index (κ3) is 5.53. The van der Waals surface area contributed by atoms with Crippen molar-refractivity contribution in [3.05, 3.63) is 83.2 Å². The highest BCUT2D eigenvalue weighted by Gasteiger charge is 2.14. The van der Waals surface area contributed by atoms with Crippen LogP contribution in [0, 0.1) is 12.7 Å². The van der Waals surface area contributed by atoms with Gasteiger partial charge in [-0.1, -0.05) is 35.9 Å². The Labute approximate surface area is 175 Å². The second-order valence-corrected chi connectivity index (χ2v) is 7.37. The van der Waals surface area contributed by atoms with E-state index in [1.54, 1.807) is 24.7 Å². The lowest BCUT2D eigenvalue weighted by Gasteiger charge is -2.27. The van der Waals surface area contributed by atoms with Crippen molar-refractivity contribution in [2.45, 2.75) is 26.4 Å². The smallest absolute Gasteiger partial charge is 0.173 e. The van der Waals surface area contributed by atoms with Gasteiger partial charge in [0.2, 0.25) is 0 Å². The van der Waals surface area contributed by atoms with Gasteiger partial charge in [-0.15, -0.1) is 0 Å². The monoisotopic (exact) mass is 416 g/mol. The summed E-state index contributed by atoms with van der Waals surface area (Å²) in [6, 6.07) is 12.5. The number of benzene rings is 2. The first-order valence-corrected chi connectivity index (χ1v) is 9.83. The molecule has 146 valence electrons. The third-order valence-corrected chi connectivity index (χ3v) is 5.06. The maximum atomic E-state index is 14.2. The number of anilines is 1. The van der Waals surface area contributed by atoms with Crippen molar-refractivity contribution >= 4 is 34.6 Å². The molecule has 0 radical (unpaired) electrons. The van der Waals surface area contributed by atoms with Crippen LogP contribution < -0.4 is 5.32 Å². The number of aryl methyl sites for hydroxylation is 2. The number of hydrogen-bond donors (Lipinski definition) is 1. The summed E-state index contributed by atoms with van der Waals surface area (Å²) in [5, 5.41) is 4.33. The van der Waals surface area contributed by atoms with E-state index in [9.17, 15) is 4.39 Å². The molecule has 3 aromatic rings. The van der Waals surface area contributed by atoms with Crippen LogP contribution in [0.25, 0.3) is 0 Å². The average molecular weight is 417 g/mol. The minimum atomic E-state index is -0.238. The first-order chi connectivity index (χ1) is 13.5. The van der Waals surface area contributed by atoms with E-state index in [1.165, 1.54) is 6.07 Å². The highest BCUT2D eigenvalue weighted by atomic mass is 35.5.